The second-order valence-corrected chi connectivity index (χ2v) is 5.32. The molecule has 0 aromatic heterocycles. The highest BCUT2D eigenvalue weighted by Gasteiger charge is 2.20. The second kappa shape index (κ2) is 4.80. The van der Waals surface area contributed by atoms with Gasteiger partial charge in [0.2, 0.25) is 10.0 Å². The van der Waals surface area contributed by atoms with E-state index in [-0.39, 0.29) is 6.54 Å². The molecule has 0 atom stereocenters. The molecular formula is C10H12F2N2O2S. The van der Waals surface area contributed by atoms with Crippen LogP contribution in [0.15, 0.2) is 29.2 Å². The Morgan fingerprint density at radius 2 is 2.00 bits per heavy atom. The van der Waals surface area contributed by atoms with Gasteiger partial charge in [-0.15, -0.1) is 0 Å². The Bertz CT molecular complexity index is 556. The fraction of sp³-hybridized carbons (Fsp3) is 0.200. The van der Waals surface area contributed by atoms with Crippen LogP contribution in [0.3, 0.4) is 0 Å². The van der Waals surface area contributed by atoms with Crippen molar-refractivity contribution in [3.63, 3.8) is 0 Å². The van der Waals surface area contributed by atoms with Crippen molar-refractivity contribution in [1.82, 2.24) is 4.72 Å². The molecule has 0 bridgehead atoms. The average molecular weight is 262 g/mol. The maximum absolute atomic E-state index is 13.3. The Balaban J connectivity index is 3.15. The van der Waals surface area contributed by atoms with E-state index in [9.17, 15) is 17.2 Å². The van der Waals surface area contributed by atoms with Gasteiger partial charge in [0, 0.05) is 12.6 Å². The maximum atomic E-state index is 13.3. The number of hydrogen-bond donors (Lipinski definition) is 2. The summed E-state index contributed by atoms with van der Waals surface area (Å²) in [6.07, 6.45) is 0. The molecule has 1 rings (SSSR count). The first kappa shape index (κ1) is 13.6. The van der Waals surface area contributed by atoms with Crippen molar-refractivity contribution in [1.29, 1.82) is 0 Å². The molecule has 7 heteroatoms. The smallest absolute Gasteiger partial charge is 0.243 e. The van der Waals surface area contributed by atoms with E-state index < -0.39 is 32.2 Å². The number of anilines is 1. The summed E-state index contributed by atoms with van der Waals surface area (Å²) in [6, 6.07) is 1.18. The Labute approximate surface area is 98.2 Å². The molecule has 0 spiro atoms. The van der Waals surface area contributed by atoms with E-state index in [0.717, 1.165) is 6.07 Å². The van der Waals surface area contributed by atoms with Gasteiger partial charge in [-0.05, 0) is 13.0 Å². The summed E-state index contributed by atoms with van der Waals surface area (Å²) in [6.45, 7) is 5.08. The van der Waals surface area contributed by atoms with Crippen molar-refractivity contribution in [2.75, 3.05) is 12.3 Å². The van der Waals surface area contributed by atoms with Gasteiger partial charge in [0.05, 0.1) is 5.69 Å². The van der Waals surface area contributed by atoms with Gasteiger partial charge < -0.3 is 5.73 Å². The number of nitrogens with two attached hydrogens (primary N) is 1. The van der Waals surface area contributed by atoms with Crippen LogP contribution in [0.25, 0.3) is 0 Å². The summed E-state index contributed by atoms with van der Waals surface area (Å²) in [5.74, 6) is -2.19. The SMILES string of the molecule is C=C(C)CNS(=O)(=O)c1cc(N)c(F)cc1F. The summed E-state index contributed by atoms with van der Waals surface area (Å²) in [4.78, 5) is -0.683. The molecule has 94 valence electrons. The van der Waals surface area contributed by atoms with Crippen LogP contribution in [0.1, 0.15) is 6.92 Å². The van der Waals surface area contributed by atoms with Gasteiger partial charge in [-0.2, -0.15) is 0 Å². The third-order valence-electron chi connectivity index (χ3n) is 1.90. The molecule has 0 fully saturated rings. The van der Waals surface area contributed by atoms with E-state index in [2.05, 4.69) is 11.3 Å². The van der Waals surface area contributed by atoms with Crippen LogP contribution in [0, 0.1) is 11.6 Å². The molecule has 0 saturated heterocycles. The zero-order chi connectivity index (χ0) is 13.2. The molecule has 0 aliphatic rings. The van der Waals surface area contributed by atoms with Crippen LogP contribution in [-0.4, -0.2) is 15.0 Å². The van der Waals surface area contributed by atoms with Crippen molar-refractivity contribution in [3.05, 3.63) is 35.9 Å². The summed E-state index contributed by atoms with van der Waals surface area (Å²) >= 11 is 0. The first-order chi connectivity index (χ1) is 7.74. The third kappa shape index (κ3) is 3.24. The Morgan fingerprint density at radius 3 is 2.53 bits per heavy atom. The molecule has 1 aromatic carbocycles. The molecule has 0 radical (unpaired) electrons. The van der Waals surface area contributed by atoms with E-state index in [1.165, 1.54) is 0 Å². The Morgan fingerprint density at radius 1 is 1.41 bits per heavy atom. The lowest BCUT2D eigenvalue weighted by molar-refractivity contribution is 0.546. The predicted molar refractivity (Wildman–Crippen MR) is 60.8 cm³/mol. The van der Waals surface area contributed by atoms with Crippen LogP contribution in [-0.2, 0) is 10.0 Å². The summed E-state index contributed by atoms with van der Waals surface area (Å²) in [5, 5.41) is 0. The quantitative estimate of drug-likeness (QED) is 0.636. The van der Waals surface area contributed by atoms with Crippen molar-refractivity contribution < 1.29 is 17.2 Å². The number of sulfonamides is 1. The monoisotopic (exact) mass is 262 g/mol. The van der Waals surface area contributed by atoms with Gasteiger partial charge in [0.25, 0.3) is 0 Å². The van der Waals surface area contributed by atoms with E-state index in [1.807, 2.05) is 0 Å². The molecule has 1 aromatic rings. The predicted octanol–water partition coefficient (Wildman–Crippen LogP) is 1.40. The molecule has 0 heterocycles. The summed E-state index contributed by atoms with van der Waals surface area (Å²) in [5.41, 5.74) is 5.32. The van der Waals surface area contributed by atoms with Gasteiger partial charge in [0.1, 0.15) is 16.5 Å². The largest absolute Gasteiger partial charge is 0.396 e. The lowest BCUT2D eigenvalue weighted by Crippen LogP contribution is -2.26. The number of benzene rings is 1. The third-order valence-corrected chi connectivity index (χ3v) is 3.32. The number of nitrogens with one attached hydrogen (secondary N) is 1. The minimum Gasteiger partial charge on any atom is -0.396 e. The number of hydrogen-bond acceptors (Lipinski definition) is 3. The van der Waals surface area contributed by atoms with Crippen molar-refractivity contribution in [2.24, 2.45) is 0 Å². The van der Waals surface area contributed by atoms with Gasteiger partial charge >= 0.3 is 0 Å². The molecule has 0 aliphatic heterocycles. The lowest BCUT2D eigenvalue weighted by atomic mass is 10.3. The lowest BCUT2D eigenvalue weighted by Gasteiger charge is -2.08. The fourth-order valence-corrected chi connectivity index (χ4v) is 2.24. The van der Waals surface area contributed by atoms with Gasteiger partial charge in [-0.25, -0.2) is 21.9 Å². The fourth-order valence-electron chi connectivity index (χ4n) is 1.05. The van der Waals surface area contributed by atoms with Crippen LogP contribution >= 0.6 is 0 Å². The van der Waals surface area contributed by atoms with Crippen LogP contribution in [0.2, 0.25) is 0 Å². The van der Waals surface area contributed by atoms with Crippen LogP contribution in [0.4, 0.5) is 14.5 Å². The molecule has 0 aliphatic carbocycles. The first-order valence-corrected chi connectivity index (χ1v) is 6.11. The van der Waals surface area contributed by atoms with Crippen molar-refractivity contribution in [3.8, 4) is 0 Å². The Hall–Kier alpha value is -1.47. The van der Waals surface area contributed by atoms with E-state index in [1.54, 1.807) is 6.92 Å². The summed E-state index contributed by atoms with van der Waals surface area (Å²) in [7, 11) is -4.06. The van der Waals surface area contributed by atoms with E-state index in [0.29, 0.717) is 11.6 Å². The molecule has 0 amide bonds. The van der Waals surface area contributed by atoms with Gasteiger partial charge in [0.15, 0.2) is 0 Å². The maximum Gasteiger partial charge on any atom is 0.243 e. The highest BCUT2D eigenvalue weighted by molar-refractivity contribution is 7.89. The van der Waals surface area contributed by atoms with Crippen molar-refractivity contribution in [2.45, 2.75) is 11.8 Å². The Kier molecular flexibility index (Phi) is 3.84. The average Bonchev–Trinajstić information content (AvgIpc) is 2.20. The van der Waals surface area contributed by atoms with Crippen molar-refractivity contribution >= 4 is 15.7 Å². The number of rotatable bonds is 4. The number of nitrogen functional groups attached to an aromatic ring is 1. The standard InChI is InChI=1S/C10H12F2N2O2S/c1-6(2)5-14-17(15,16)10-4-9(13)7(11)3-8(10)12/h3-4,14H,1,5,13H2,2H3. The molecule has 0 saturated carbocycles. The normalized spacial score (nSPS) is 11.5. The van der Waals surface area contributed by atoms with E-state index >= 15 is 0 Å². The summed E-state index contributed by atoms with van der Waals surface area (Å²) < 4.78 is 51.6. The molecule has 17 heavy (non-hydrogen) atoms. The first-order valence-electron chi connectivity index (χ1n) is 4.62. The highest BCUT2D eigenvalue weighted by Crippen LogP contribution is 2.20. The zero-order valence-corrected chi connectivity index (χ0v) is 9.94. The topological polar surface area (TPSA) is 72.2 Å². The number of halogens is 2. The minimum absolute atomic E-state index is 0.0287. The molecular weight excluding hydrogens is 250 g/mol. The zero-order valence-electron chi connectivity index (χ0n) is 9.13. The molecule has 3 N–H and O–H groups in total. The minimum atomic E-state index is -4.06. The molecule has 0 unspecified atom stereocenters. The van der Waals surface area contributed by atoms with Gasteiger partial charge in [-0.1, -0.05) is 12.2 Å². The second-order valence-electron chi connectivity index (χ2n) is 3.59. The van der Waals surface area contributed by atoms with E-state index in [4.69, 9.17) is 5.73 Å². The van der Waals surface area contributed by atoms with Gasteiger partial charge in [-0.3, -0.25) is 0 Å². The van der Waals surface area contributed by atoms with Crippen LogP contribution in [0.5, 0.6) is 0 Å². The van der Waals surface area contributed by atoms with Crippen LogP contribution < -0.4 is 10.5 Å². The molecule has 4 nitrogen and oxygen atoms in total. The highest BCUT2D eigenvalue weighted by atomic mass is 32.2.